The number of nitrogens with zero attached hydrogens (tertiary/aromatic N) is 4. The number of pyridine rings is 2. The molecule has 0 amide bonds. The molecule has 1 aliphatic rings. The molecule has 1 aromatic carbocycles. The fraction of sp³-hybridized carbons (Fsp3) is 0.429. The van der Waals surface area contributed by atoms with Gasteiger partial charge in [0.15, 0.2) is 0 Å². The van der Waals surface area contributed by atoms with E-state index in [1.165, 1.54) is 5.56 Å². The Bertz CT molecular complexity index is 1670. The van der Waals surface area contributed by atoms with Crippen molar-refractivity contribution < 1.29 is 19.0 Å². The predicted molar refractivity (Wildman–Crippen MR) is 178 cm³/mol. The summed E-state index contributed by atoms with van der Waals surface area (Å²) < 4.78 is 19.4. The third kappa shape index (κ3) is 6.35. The second kappa shape index (κ2) is 13.0. The van der Waals surface area contributed by atoms with Gasteiger partial charge in [0.05, 0.1) is 24.9 Å². The molecule has 1 aliphatic carbocycles. The van der Waals surface area contributed by atoms with Crippen molar-refractivity contribution in [2.45, 2.75) is 77.9 Å². The summed E-state index contributed by atoms with van der Waals surface area (Å²) in [6.45, 7) is 14.4. The van der Waals surface area contributed by atoms with Gasteiger partial charge in [-0.2, -0.15) is 5.10 Å². The number of allylic oxidation sites excluding steroid dienone is 2. The van der Waals surface area contributed by atoms with Crippen molar-refractivity contribution in [3.63, 3.8) is 0 Å². The molecule has 5 rings (SSSR count). The summed E-state index contributed by atoms with van der Waals surface area (Å²) in [7, 11) is 0.434. The number of methoxy groups -OCH3 is 1. The van der Waals surface area contributed by atoms with Crippen molar-refractivity contribution >= 4 is 25.1 Å². The Hall–Kier alpha value is -3.82. The Balaban J connectivity index is 1.61. The van der Waals surface area contributed by atoms with Crippen molar-refractivity contribution in [3.8, 4) is 28.3 Å². The van der Waals surface area contributed by atoms with Gasteiger partial charge in [-0.25, -0.2) is 9.67 Å². The minimum Gasteiger partial charge on any atom is -0.494 e. The highest BCUT2D eigenvalue weighted by Gasteiger charge is 2.42. The van der Waals surface area contributed by atoms with E-state index in [-0.39, 0.29) is 5.97 Å². The average molecular weight is 613 g/mol. The molecule has 3 heterocycles. The summed E-state index contributed by atoms with van der Waals surface area (Å²) >= 11 is 0. The topological polar surface area (TPSA) is 88.4 Å². The van der Waals surface area contributed by atoms with Gasteiger partial charge in [-0.15, -0.1) is 0 Å². The maximum Gasteiger partial charge on any atom is 0.318 e. The number of hydrogen-bond acceptors (Lipinski definition) is 7. The Morgan fingerprint density at radius 1 is 1.09 bits per heavy atom. The summed E-state index contributed by atoms with van der Waals surface area (Å²) in [6, 6.07) is 13.2. The number of fused-ring (bicyclic) bond motifs is 1. The Labute approximate surface area is 261 Å². The van der Waals surface area contributed by atoms with Gasteiger partial charge in [-0.3, -0.25) is 9.78 Å². The molecule has 1 atom stereocenters. The third-order valence-corrected chi connectivity index (χ3v) is 10.2. The lowest BCUT2D eigenvalue weighted by Gasteiger charge is -2.31. The monoisotopic (exact) mass is 612 g/mol. The SMILES string of the molecule is CCOC(=O)C1(c2ccc(-c3nn(COCC[Si](C)(C)C)c4cc(OC)c(-c5cccc(C)c5C)nc34)cn2)CC=CCC1. The quantitative estimate of drug-likeness (QED) is 0.0744. The predicted octanol–water partition coefficient (Wildman–Crippen LogP) is 7.64. The van der Waals surface area contributed by atoms with E-state index in [0.29, 0.717) is 49.9 Å². The van der Waals surface area contributed by atoms with Crippen LogP contribution in [0.25, 0.3) is 33.5 Å². The number of aryl methyl sites for hydroxylation is 1. The molecule has 4 aromatic rings. The van der Waals surface area contributed by atoms with Gasteiger partial charge in [-0.05, 0) is 69.3 Å². The minimum atomic E-state index is -1.24. The average Bonchev–Trinajstić information content (AvgIpc) is 3.37. The molecule has 0 saturated heterocycles. The van der Waals surface area contributed by atoms with Crippen LogP contribution in [0.3, 0.4) is 0 Å². The summed E-state index contributed by atoms with van der Waals surface area (Å²) in [6.07, 6.45) is 8.02. The zero-order valence-electron chi connectivity index (χ0n) is 27.1. The molecule has 1 unspecified atom stereocenters. The molecule has 0 spiro atoms. The second-order valence-corrected chi connectivity index (χ2v) is 18.4. The van der Waals surface area contributed by atoms with Gasteiger partial charge in [0.25, 0.3) is 0 Å². The van der Waals surface area contributed by atoms with Crippen molar-refractivity contribution in [2.75, 3.05) is 20.3 Å². The first kappa shape index (κ1) is 31.6. The van der Waals surface area contributed by atoms with Crippen molar-refractivity contribution in [2.24, 2.45) is 0 Å². The summed E-state index contributed by atoms with van der Waals surface area (Å²) in [5.41, 5.74) is 7.14. The minimum absolute atomic E-state index is 0.221. The van der Waals surface area contributed by atoms with Gasteiger partial charge in [0.2, 0.25) is 0 Å². The van der Waals surface area contributed by atoms with Crippen molar-refractivity contribution in [1.29, 1.82) is 0 Å². The number of esters is 1. The van der Waals surface area contributed by atoms with Crippen LogP contribution in [0.5, 0.6) is 5.75 Å². The molecule has 232 valence electrons. The van der Waals surface area contributed by atoms with Crippen LogP contribution in [-0.2, 0) is 26.4 Å². The van der Waals surface area contributed by atoms with Crippen LogP contribution in [-0.4, -0.2) is 54.1 Å². The molecule has 3 aromatic heterocycles. The molecular weight excluding hydrogens is 568 g/mol. The van der Waals surface area contributed by atoms with Crippen LogP contribution in [0.2, 0.25) is 25.7 Å². The number of rotatable bonds is 11. The van der Waals surface area contributed by atoms with Gasteiger partial charge in [0, 0.05) is 38.1 Å². The van der Waals surface area contributed by atoms with E-state index in [4.69, 9.17) is 29.3 Å². The molecule has 0 bridgehead atoms. The summed E-state index contributed by atoms with van der Waals surface area (Å²) in [5, 5.41) is 5.01. The van der Waals surface area contributed by atoms with Crippen LogP contribution in [0.1, 0.15) is 43.0 Å². The van der Waals surface area contributed by atoms with E-state index < -0.39 is 13.5 Å². The first-order valence-corrected chi connectivity index (χ1v) is 19.2. The molecule has 0 fully saturated rings. The number of ether oxygens (including phenoxy) is 3. The van der Waals surface area contributed by atoms with E-state index in [9.17, 15) is 4.79 Å². The fourth-order valence-electron chi connectivity index (χ4n) is 5.70. The van der Waals surface area contributed by atoms with Crippen LogP contribution in [0.4, 0.5) is 0 Å². The maximum atomic E-state index is 13.2. The lowest BCUT2D eigenvalue weighted by Crippen LogP contribution is -2.39. The zero-order valence-corrected chi connectivity index (χ0v) is 28.1. The zero-order chi connectivity index (χ0) is 31.5. The van der Waals surface area contributed by atoms with E-state index in [1.807, 2.05) is 35.9 Å². The second-order valence-electron chi connectivity index (χ2n) is 12.8. The standard InChI is InChI=1S/C35H44N4O4Si/c1-8-43-34(40)35(17-10-9-11-18-35)30-16-15-26(22-36-30)31-33-28(39(38-31)23-42-19-20-44(5,6)7)21-29(41-4)32(37-33)27-14-12-13-24(2)25(27)3/h9-10,12-16,21-22H,8,11,17-20,23H2,1-7H3. The number of carbonyl (C=O) groups is 1. The van der Waals surface area contributed by atoms with Gasteiger partial charge < -0.3 is 14.2 Å². The molecule has 8 nitrogen and oxygen atoms in total. The fourth-order valence-corrected chi connectivity index (χ4v) is 6.46. The summed E-state index contributed by atoms with van der Waals surface area (Å²) in [4.78, 5) is 23.2. The number of benzene rings is 1. The molecular formula is C35H44N4O4Si. The highest BCUT2D eigenvalue weighted by molar-refractivity contribution is 6.76. The van der Waals surface area contributed by atoms with E-state index >= 15 is 0 Å². The molecule has 0 saturated carbocycles. The van der Waals surface area contributed by atoms with Crippen LogP contribution in [0.15, 0.2) is 54.7 Å². The highest BCUT2D eigenvalue weighted by Crippen LogP contribution is 2.39. The van der Waals surface area contributed by atoms with Gasteiger partial charge in [-0.1, -0.05) is 50.0 Å². The molecule has 9 heteroatoms. The van der Waals surface area contributed by atoms with Gasteiger partial charge in [0.1, 0.15) is 34.8 Å². The third-order valence-electron chi connectivity index (χ3n) is 8.54. The molecule has 0 radical (unpaired) electrons. The normalized spacial score (nSPS) is 16.8. The first-order chi connectivity index (χ1) is 21.1. The van der Waals surface area contributed by atoms with Crippen molar-refractivity contribution in [1.82, 2.24) is 19.7 Å². The number of hydrogen-bond donors (Lipinski definition) is 0. The van der Waals surface area contributed by atoms with Crippen LogP contribution >= 0.6 is 0 Å². The molecule has 0 aliphatic heterocycles. The van der Waals surface area contributed by atoms with E-state index in [2.05, 4.69) is 57.8 Å². The van der Waals surface area contributed by atoms with Crippen molar-refractivity contribution in [3.05, 3.63) is 71.6 Å². The lowest BCUT2D eigenvalue weighted by molar-refractivity contribution is -0.150. The van der Waals surface area contributed by atoms with Gasteiger partial charge >= 0.3 is 5.97 Å². The smallest absolute Gasteiger partial charge is 0.318 e. The van der Waals surface area contributed by atoms with Crippen LogP contribution < -0.4 is 4.74 Å². The molecule has 0 N–H and O–H groups in total. The first-order valence-electron chi connectivity index (χ1n) is 15.5. The molecule has 44 heavy (non-hydrogen) atoms. The Morgan fingerprint density at radius 2 is 1.91 bits per heavy atom. The van der Waals surface area contributed by atoms with Crippen LogP contribution in [0, 0.1) is 13.8 Å². The van der Waals surface area contributed by atoms with E-state index in [1.54, 1.807) is 13.3 Å². The largest absolute Gasteiger partial charge is 0.494 e. The Morgan fingerprint density at radius 3 is 2.57 bits per heavy atom. The highest BCUT2D eigenvalue weighted by atomic mass is 28.3. The van der Waals surface area contributed by atoms with E-state index in [0.717, 1.165) is 45.9 Å². The Kier molecular flexibility index (Phi) is 9.36. The maximum absolute atomic E-state index is 13.2. The number of aromatic nitrogens is 4. The number of carbonyl (C=O) groups excluding carboxylic acids is 1. The summed E-state index contributed by atoms with van der Waals surface area (Å²) in [5.74, 6) is 0.456. The lowest BCUT2D eigenvalue weighted by atomic mass is 9.74.